The molecular formula is C15H13BrO2. The van der Waals surface area contributed by atoms with E-state index in [2.05, 4.69) is 15.9 Å². The smallest absolute Gasteiger partial charge is 0.338 e. The van der Waals surface area contributed by atoms with Crippen molar-refractivity contribution in [2.24, 2.45) is 0 Å². The first-order valence-electron chi connectivity index (χ1n) is 5.74. The second kappa shape index (κ2) is 5.83. The monoisotopic (exact) mass is 304 g/mol. The Hall–Kier alpha value is -1.61. The minimum atomic E-state index is -0.281. The third-order valence-corrected chi connectivity index (χ3v) is 3.11. The summed E-state index contributed by atoms with van der Waals surface area (Å²) in [6.07, 6.45) is 0. The summed E-state index contributed by atoms with van der Waals surface area (Å²) in [7, 11) is 0. The number of benzene rings is 2. The summed E-state index contributed by atoms with van der Waals surface area (Å²) in [6, 6.07) is 15.3. The minimum Gasteiger partial charge on any atom is -0.462 e. The lowest BCUT2D eigenvalue weighted by Gasteiger charge is -2.08. The highest BCUT2D eigenvalue weighted by atomic mass is 79.9. The average Bonchev–Trinajstić information content (AvgIpc) is 2.40. The zero-order chi connectivity index (χ0) is 13.0. The molecular weight excluding hydrogens is 292 g/mol. The molecule has 0 aromatic heterocycles. The predicted molar refractivity (Wildman–Crippen MR) is 75.5 cm³/mol. The van der Waals surface area contributed by atoms with Crippen molar-refractivity contribution in [2.45, 2.75) is 6.92 Å². The first-order valence-corrected chi connectivity index (χ1v) is 6.53. The van der Waals surface area contributed by atoms with Gasteiger partial charge in [-0.2, -0.15) is 0 Å². The SMILES string of the molecule is CCOC(=O)c1ccccc1-c1ccc(Br)cc1. The molecule has 0 N–H and O–H groups in total. The summed E-state index contributed by atoms with van der Waals surface area (Å²) >= 11 is 3.40. The molecule has 0 atom stereocenters. The Morgan fingerprint density at radius 2 is 1.78 bits per heavy atom. The van der Waals surface area contributed by atoms with Gasteiger partial charge in [-0.3, -0.25) is 0 Å². The first kappa shape index (κ1) is 12.8. The van der Waals surface area contributed by atoms with Gasteiger partial charge in [-0.1, -0.05) is 46.3 Å². The van der Waals surface area contributed by atoms with E-state index in [1.807, 2.05) is 42.5 Å². The van der Waals surface area contributed by atoms with Crippen LogP contribution in [0.1, 0.15) is 17.3 Å². The van der Waals surface area contributed by atoms with Crippen LogP contribution in [-0.4, -0.2) is 12.6 Å². The molecule has 3 heteroatoms. The maximum absolute atomic E-state index is 11.9. The van der Waals surface area contributed by atoms with Crippen LogP contribution >= 0.6 is 15.9 Å². The molecule has 0 bridgehead atoms. The first-order chi connectivity index (χ1) is 8.72. The fourth-order valence-corrected chi connectivity index (χ4v) is 2.02. The Morgan fingerprint density at radius 3 is 2.44 bits per heavy atom. The van der Waals surface area contributed by atoms with E-state index in [0.717, 1.165) is 15.6 Å². The molecule has 0 fully saturated rings. The van der Waals surface area contributed by atoms with Crippen molar-refractivity contribution in [1.82, 2.24) is 0 Å². The molecule has 0 spiro atoms. The maximum Gasteiger partial charge on any atom is 0.338 e. The molecule has 0 amide bonds. The van der Waals surface area contributed by atoms with Crippen LogP contribution in [0.15, 0.2) is 53.0 Å². The molecule has 0 aliphatic heterocycles. The van der Waals surface area contributed by atoms with Crippen LogP contribution in [0.25, 0.3) is 11.1 Å². The van der Waals surface area contributed by atoms with Gasteiger partial charge in [0.15, 0.2) is 0 Å². The molecule has 0 aliphatic carbocycles. The van der Waals surface area contributed by atoms with Gasteiger partial charge in [0, 0.05) is 4.47 Å². The van der Waals surface area contributed by atoms with Gasteiger partial charge in [0.05, 0.1) is 12.2 Å². The fraction of sp³-hybridized carbons (Fsp3) is 0.133. The number of rotatable bonds is 3. The fourth-order valence-electron chi connectivity index (χ4n) is 1.75. The number of esters is 1. The molecule has 0 radical (unpaired) electrons. The lowest BCUT2D eigenvalue weighted by molar-refractivity contribution is 0.0527. The van der Waals surface area contributed by atoms with Crippen molar-refractivity contribution >= 4 is 21.9 Å². The number of carbonyl (C=O) groups is 1. The van der Waals surface area contributed by atoms with E-state index < -0.39 is 0 Å². The van der Waals surface area contributed by atoms with Gasteiger partial charge in [-0.05, 0) is 36.2 Å². The number of hydrogen-bond donors (Lipinski definition) is 0. The lowest BCUT2D eigenvalue weighted by Crippen LogP contribution is -2.06. The number of carbonyl (C=O) groups excluding carboxylic acids is 1. The van der Waals surface area contributed by atoms with E-state index in [1.165, 1.54) is 0 Å². The van der Waals surface area contributed by atoms with Gasteiger partial charge in [-0.25, -0.2) is 4.79 Å². The lowest BCUT2D eigenvalue weighted by atomic mass is 10.00. The van der Waals surface area contributed by atoms with Crippen molar-refractivity contribution in [3.63, 3.8) is 0 Å². The summed E-state index contributed by atoms with van der Waals surface area (Å²) < 4.78 is 6.08. The standard InChI is InChI=1S/C15H13BrO2/c1-2-18-15(17)14-6-4-3-5-13(14)11-7-9-12(16)10-8-11/h3-10H,2H2,1H3. The zero-order valence-corrected chi connectivity index (χ0v) is 11.6. The largest absolute Gasteiger partial charge is 0.462 e. The quantitative estimate of drug-likeness (QED) is 0.791. The molecule has 2 rings (SSSR count). The molecule has 0 aliphatic rings. The molecule has 18 heavy (non-hydrogen) atoms. The van der Waals surface area contributed by atoms with Gasteiger partial charge in [-0.15, -0.1) is 0 Å². The van der Waals surface area contributed by atoms with Crippen molar-refractivity contribution in [2.75, 3.05) is 6.61 Å². The van der Waals surface area contributed by atoms with E-state index in [9.17, 15) is 4.79 Å². The Kier molecular flexibility index (Phi) is 4.15. The summed E-state index contributed by atoms with van der Waals surface area (Å²) in [5.41, 5.74) is 2.49. The summed E-state index contributed by atoms with van der Waals surface area (Å²) in [5, 5.41) is 0. The Bertz CT molecular complexity index is 547. The van der Waals surface area contributed by atoms with Crippen molar-refractivity contribution in [3.8, 4) is 11.1 Å². The van der Waals surface area contributed by atoms with Crippen LogP contribution in [0.3, 0.4) is 0 Å². The Labute approximate surface area is 115 Å². The summed E-state index contributed by atoms with van der Waals surface area (Å²) in [4.78, 5) is 11.9. The molecule has 2 aromatic rings. The normalized spacial score (nSPS) is 10.1. The molecule has 0 saturated heterocycles. The van der Waals surface area contributed by atoms with Crippen molar-refractivity contribution in [3.05, 3.63) is 58.6 Å². The number of hydrogen-bond acceptors (Lipinski definition) is 2. The van der Waals surface area contributed by atoms with E-state index >= 15 is 0 Å². The molecule has 0 heterocycles. The van der Waals surface area contributed by atoms with Gasteiger partial charge in [0.25, 0.3) is 0 Å². The van der Waals surface area contributed by atoms with Gasteiger partial charge < -0.3 is 4.74 Å². The highest BCUT2D eigenvalue weighted by Gasteiger charge is 2.12. The van der Waals surface area contributed by atoms with Gasteiger partial charge >= 0.3 is 5.97 Å². The highest BCUT2D eigenvalue weighted by Crippen LogP contribution is 2.25. The molecule has 92 valence electrons. The number of halogens is 1. The van der Waals surface area contributed by atoms with Crippen molar-refractivity contribution in [1.29, 1.82) is 0 Å². The highest BCUT2D eigenvalue weighted by molar-refractivity contribution is 9.10. The molecule has 0 unspecified atom stereocenters. The minimum absolute atomic E-state index is 0.281. The third-order valence-electron chi connectivity index (χ3n) is 2.58. The second-order valence-electron chi connectivity index (χ2n) is 3.77. The van der Waals surface area contributed by atoms with Crippen LogP contribution in [0.5, 0.6) is 0 Å². The summed E-state index contributed by atoms with van der Waals surface area (Å²) in [5.74, 6) is -0.281. The Morgan fingerprint density at radius 1 is 1.11 bits per heavy atom. The van der Waals surface area contributed by atoms with E-state index in [1.54, 1.807) is 13.0 Å². The molecule has 2 nitrogen and oxygen atoms in total. The van der Waals surface area contributed by atoms with E-state index in [-0.39, 0.29) is 5.97 Å². The van der Waals surface area contributed by atoms with Crippen LogP contribution in [0, 0.1) is 0 Å². The van der Waals surface area contributed by atoms with Crippen LogP contribution in [-0.2, 0) is 4.74 Å². The van der Waals surface area contributed by atoms with E-state index in [0.29, 0.717) is 12.2 Å². The van der Waals surface area contributed by atoms with Crippen LogP contribution < -0.4 is 0 Å². The number of ether oxygens (including phenoxy) is 1. The van der Waals surface area contributed by atoms with Crippen LogP contribution in [0.4, 0.5) is 0 Å². The van der Waals surface area contributed by atoms with Gasteiger partial charge in [0.2, 0.25) is 0 Å². The topological polar surface area (TPSA) is 26.3 Å². The maximum atomic E-state index is 11.9. The van der Waals surface area contributed by atoms with Crippen molar-refractivity contribution < 1.29 is 9.53 Å². The average molecular weight is 305 g/mol. The second-order valence-corrected chi connectivity index (χ2v) is 4.69. The molecule has 2 aromatic carbocycles. The van der Waals surface area contributed by atoms with Gasteiger partial charge in [0.1, 0.15) is 0 Å². The predicted octanol–water partition coefficient (Wildman–Crippen LogP) is 4.29. The third kappa shape index (κ3) is 2.79. The zero-order valence-electron chi connectivity index (χ0n) is 10.0. The Balaban J connectivity index is 2.44. The summed E-state index contributed by atoms with van der Waals surface area (Å²) in [6.45, 7) is 2.19. The van der Waals surface area contributed by atoms with Crippen LogP contribution in [0.2, 0.25) is 0 Å². The molecule has 0 saturated carbocycles. The van der Waals surface area contributed by atoms with E-state index in [4.69, 9.17) is 4.74 Å².